The van der Waals surface area contributed by atoms with Gasteiger partial charge in [-0.3, -0.25) is 14.4 Å². The predicted octanol–water partition coefficient (Wildman–Crippen LogP) is 1.64. The molecule has 0 aliphatic carbocycles. The van der Waals surface area contributed by atoms with Gasteiger partial charge in [0.05, 0.1) is 12.5 Å². The van der Waals surface area contributed by atoms with Crippen LogP contribution in [0.5, 0.6) is 0 Å². The van der Waals surface area contributed by atoms with Crippen molar-refractivity contribution >= 4 is 29.4 Å². The molecule has 23 heavy (non-hydrogen) atoms. The average Bonchev–Trinajstić information content (AvgIpc) is 2.51. The molecule has 1 aliphatic heterocycles. The maximum absolute atomic E-state index is 12.2. The number of hydrogen-bond acceptors (Lipinski definition) is 3. The summed E-state index contributed by atoms with van der Waals surface area (Å²) in [6.45, 7) is 2.45. The van der Waals surface area contributed by atoms with Crippen molar-refractivity contribution in [1.82, 2.24) is 10.2 Å². The van der Waals surface area contributed by atoms with Gasteiger partial charge >= 0.3 is 5.97 Å². The molecular formula is C16H19ClN2O4. The van der Waals surface area contributed by atoms with Crippen molar-refractivity contribution in [3.63, 3.8) is 0 Å². The van der Waals surface area contributed by atoms with Gasteiger partial charge in [0.1, 0.15) is 0 Å². The lowest BCUT2D eigenvalue weighted by Crippen LogP contribution is -2.48. The van der Waals surface area contributed by atoms with Crippen molar-refractivity contribution in [2.24, 2.45) is 11.8 Å². The molecule has 0 aromatic heterocycles. The molecule has 2 unspecified atom stereocenters. The van der Waals surface area contributed by atoms with Crippen LogP contribution in [0.15, 0.2) is 24.3 Å². The molecule has 1 aromatic rings. The minimum absolute atomic E-state index is 0.123. The topological polar surface area (TPSA) is 86.7 Å². The van der Waals surface area contributed by atoms with E-state index >= 15 is 0 Å². The summed E-state index contributed by atoms with van der Waals surface area (Å²) in [4.78, 5) is 36.8. The normalized spacial score (nSPS) is 20.9. The summed E-state index contributed by atoms with van der Waals surface area (Å²) in [5.74, 6) is -1.99. The second kappa shape index (κ2) is 7.46. The van der Waals surface area contributed by atoms with Gasteiger partial charge in [0.25, 0.3) is 5.91 Å². The Bertz CT molecular complexity index is 620. The highest BCUT2D eigenvalue weighted by Crippen LogP contribution is 2.21. The largest absolute Gasteiger partial charge is 0.481 e. The van der Waals surface area contributed by atoms with Crippen LogP contribution in [-0.4, -0.2) is 47.4 Å². The van der Waals surface area contributed by atoms with Crippen molar-refractivity contribution in [3.05, 3.63) is 34.9 Å². The predicted molar refractivity (Wildman–Crippen MR) is 85.3 cm³/mol. The number of piperidine rings is 1. The van der Waals surface area contributed by atoms with Crippen molar-refractivity contribution < 1.29 is 19.5 Å². The minimum atomic E-state index is -0.891. The Hall–Kier alpha value is -2.08. The van der Waals surface area contributed by atoms with Gasteiger partial charge in [-0.05, 0) is 30.5 Å². The fraction of sp³-hybridized carbons (Fsp3) is 0.438. The molecule has 1 heterocycles. The first kappa shape index (κ1) is 17.3. The van der Waals surface area contributed by atoms with E-state index in [1.54, 1.807) is 18.2 Å². The van der Waals surface area contributed by atoms with Crippen LogP contribution < -0.4 is 5.32 Å². The van der Waals surface area contributed by atoms with Crippen LogP contribution in [-0.2, 0) is 9.59 Å². The van der Waals surface area contributed by atoms with Gasteiger partial charge in [-0.15, -0.1) is 0 Å². The monoisotopic (exact) mass is 338 g/mol. The number of likely N-dealkylation sites (tertiary alicyclic amines) is 1. The first-order valence-electron chi connectivity index (χ1n) is 7.41. The van der Waals surface area contributed by atoms with E-state index in [0.29, 0.717) is 23.6 Å². The first-order chi connectivity index (χ1) is 10.9. The van der Waals surface area contributed by atoms with Gasteiger partial charge in [0.15, 0.2) is 0 Å². The Kier molecular flexibility index (Phi) is 5.60. The van der Waals surface area contributed by atoms with Gasteiger partial charge in [-0.2, -0.15) is 0 Å². The van der Waals surface area contributed by atoms with Crippen LogP contribution in [0.3, 0.4) is 0 Å². The second-order valence-corrected chi connectivity index (χ2v) is 6.30. The number of amides is 2. The highest BCUT2D eigenvalue weighted by molar-refractivity contribution is 6.30. The number of nitrogens with zero attached hydrogens (tertiary/aromatic N) is 1. The van der Waals surface area contributed by atoms with Gasteiger partial charge in [0, 0.05) is 23.7 Å². The van der Waals surface area contributed by atoms with Gasteiger partial charge in [-0.25, -0.2) is 0 Å². The van der Waals surface area contributed by atoms with Crippen molar-refractivity contribution in [3.8, 4) is 0 Å². The smallest absolute Gasteiger partial charge is 0.308 e. The lowest BCUT2D eigenvalue weighted by Gasteiger charge is -2.34. The summed E-state index contributed by atoms with van der Waals surface area (Å²) in [6, 6.07) is 6.44. The fourth-order valence-corrected chi connectivity index (χ4v) is 2.92. The van der Waals surface area contributed by atoms with Crippen molar-refractivity contribution in [1.29, 1.82) is 0 Å². The van der Waals surface area contributed by atoms with Crippen LogP contribution >= 0.6 is 11.6 Å². The molecule has 0 radical (unpaired) electrons. The van der Waals surface area contributed by atoms with E-state index in [0.717, 1.165) is 0 Å². The Morgan fingerprint density at radius 2 is 2.09 bits per heavy atom. The molecule has 1 aromatic carbocycles. The quantitative estimate of drug-likeness (QED) is 0.873. The zero-order chi connectivity index (χ0) is 17.0. The van der Waals surface area contributed by atoms with Crippen LogP contribution in [0, 0.1) is 11.8 Å². The van der Waals surface area contributed by atoms with E-state index in [2.05, 4.69) is 5.32 Å². The third kappa shape index (κ3) is 4.69. The molecule has 124 valence electrons. The number of halogens is 1. The average molecular weight is 339 g/mol. The molecule has 7 heteroatoms. The zero-order valence-electron chi connectivity index (χ0n) is 12.8. The number of carbonyl (C=O) groups is 3. The van der Waals surface area contributed by atoms with Gasteiger partial charge < -0.3 is 15.3 Å². The number of carboxylic acid groups (broad SMARTS) is 1. The lowest BCUT2D eigenvalue weighted by molar-refractivity contribution is -0.146. The summed E-state index contributed by atoms with van der Waals surface area (Å²) >= 11 is 5.82. The maximum Gasteiger partial charge on any atom is 0.308 e. The maximum atomic E-state index is 12.2. The SMILES string of the molecule is CC1CC(C(=O)O)CN(C(=O)CNC(=O)c2cccc(Cl)c2)C1. The summed E-state index contributed by atoms with van der Waals surface area (Å²) in [5, 5.41) is 12.1. The molecule has 6 nitrogen and oxygen atoms in total. The molecule has 2 amide bonds. The Labute approximate surface area is 139 Å². The molecule has 0 saturated carbocycles. The van der Waals surface area contributed by atoms with Crippen LogP contribution in [0.4, 0.5) is 0 Å². The summed E-state index contributed by atoms with van der Waals surface area (Å²) in [7, 11) is 0. The number of benzene rings is 1. The fourth-order valence-electron chi connectivity index (χ4n) is 2.73. The number of carbonyl (C=O) groups excluding carboxylic acids is 2. The molecule has 2 rings (SSSR count). The lowest BCUT2D eigenvalue weighted by atomic mass is 9.90. The number of aliphatic carboxylic acids is 1. The zero-order valence-corrected chi connectivity index (χ0v) is 13.5. The number of nitrogens with one attached hydrogen (secondary N) is 1. The molecule has 0 bridgehead atoms. The number of carboxylic acids is 1. The van der Waals surface area contributed by atoms with Crippen molar-refractivity contribution in [2.45, 2.75) is 13.3 Å². The Morgan fingerprint density at radius 3 is 2.74 bits per heavy atom. The van der Waals surface area contributed by atoms with Gasteiger partial charge in [-0.1, -0.05) is 24.6 Å². The third-order valence-corrected chi connectivity index (χ3v) is 4.08. The van der Waals surface area contributed by atoms with Crippen LogP contribution in [0.1, 0.15) is 23.7 Å². The highest BCUT2D eigenvalue weighted by atomic mass is 35.5. The van der Waals surface area contributed by atoms with Crippen LogP contribution in [0.2, 0.25) is 5.02 Å². The molecular weight excluding hydrogens is 320 g/mol. The summed E-state index contributed by atoms with van der Waals surface area (Å²) in [6.07, 6.45) is 0.563. The van der Waals surface area contributed by atoms with E-state index in [9.17, 15) is 14.4 Å². The number of hydrogen-bond donors (Lipinski definition) is 2. The molecule has 2 N–H and O–H groups in total. The third-order valence-electron chi connectivity index (χ3n) is 3.85. The van der Waals surface area contributed by atoms with E-state index in [1.807, 2.05) is 6.92 Å². The standard InChI is InChI=1S/C16H19ClN2O4/c1-10-5-12(16(22)23)9-19(8-10)14(20)7-18-15(21)11-3-2-4-13(17)6-11/h2-4,6,10,12H,5,7-9H2,1H3,(H,18,21)(H,22,23). The highest BCUT2D eigenvalue weighted by Gasteiger charge is 2.31. The molecule has 2 atom stereocenters. The van der Waals surface area contributed by atoms with E-state index in [-0.39, 0.29) is 30.8 Å². The first-order valence-corrected chi connectivity index (χ1v) is 7.79. The van der Waals surface area contributed by atoms with Gasteiger partial charge in [0.2, 0.25) is 5.91 Å². The molecule has 1 saturated heterocycles. The van der Waals surface area contributed by atoms with E-state index in [1.165, 1.54) is 11.0 Å². The molecule has 1 fully saturated rings. The van der Waals surface area contributed by atoms with E-state index in [4.69, 9.17) is 16.7 Å². The summed E-state index contributed by atoms with van der Waals surface area (Å²) in [5.41, 5.74) is 0.376. The van der Waals surface area contributed by atoms with E-state index < -0.39 is 11.9 Å². The summed E-state index contributed by atoms with van der Waals surface area (Å²) < 4.78 is 0. The molecule has 1 aliphatic rings. The second-order valence-electron chi connectivity index (χ2n) is 5.87. The Balaban J connectivity index is 1.91. The van der Waals surface area contributed by atoms with Crippen LogP contribution in [0.25, 0.3) is 0 Å². The molecule has 0 spiro atoms. The van der Waals surface area contributed by atoms with Crippen molar-refractivity contribution in [2.75, 3.05) is 19.6 Å². The number of rotatable bonds is 4. The Morgan fingerprint density at radius 1 is 1.35 bits per heavy atom. The minimum Gasteiger partial charge on any atom is -0.481 e.